The van der Waals surface area contributed by atoms with Crippen molar-refractivity contribution in [3.05, 3.63) is 64.2 Å². The van der Waals surface area contributed by atoms with Gasteiger partial charge in [-0.1, -0.05) is 25.1 Å². The summed E-state index contributed by atoms with van der Waals surface area (Å²) < 4.78 is 31.3. The number of carbonyl (C=O) groups is 1. The Labute approximate surface area is 175 Å². The fourth-order valence-corrected chi connectivity index (χ4v) is 4.23. The fourth-order valence-electron chi connectivity index (χ4n) is 3.02. The topological polar surface area (TPSA) is 119 Å². The summed E-state index contributed by atoms with van der Waals surface area (Å²) in [5.41, 5.74) is 0.599. The summed E-state index contributed by atoms with van der Waals surface area (Å²) in [6.45, 7) is 4.24. The van der Waals surface area contributed by atoms with E-state index in [1.807, 2.05) is 13.0 Å². The normalized spacial score (nSPS) is 12.1. The first-order valence-corrected chi connectivity index (χ1v) is 11.3. The van der Waals surface area contributed by atoms with Crippen LogP contribution in [0.15, 0.2) is 48.5 Å². The Hall–Kier alpha value is -3.14. The lowest BCUT2D eigenvalue weighted by Crippen LogP contribution is -2.49. The highest BCUT2D eigenvalue weighted by Gasteiger charge is 2.32. The van der Waals surface area contributed by atoms with Crippen LogP contribution in [0.25, 0.3) is 0 Å². The van der Waals surface area contributed by atoms with Gasteiger partial charge < -0.3 is 10.1 Å². The minimum absolute atomic E-state index is 0.0621. The molecule has 30 heavy (non-hydrogen) atoms. The number of nitro benzene ring substituents is 1. The molecular formula is C20H25N3O6S. The number of sulfonamides is 1. The molecule has 2 aromatic rings. The molecule has 0 heterocycles. The highest BCUT2D eigenvalue weighted by molar-refractivity contribution is 7.92. The molecule has 2 aromatic carbocycles. The lowest BCUT2D eigenvalue weighted by Gasteiger charge is -2.30. The monoisotopic (exact) mass is 435 g/mol. The zero-order chi connectivity index (χ0) is 22.3. The zero-order valence-corrected chi connectivity index (χ0v) is 17.9. The maximum Gasteiger partial charge on any atom is 0.271 e. The smallest absolute Gasteiger partial charge is 0.271 e. The minimum atomic E-state index is -3.88. The van der Waals surface area contributed by atoms with Crippen molar-refractivity contribution in [2.75, 3.05) is 17.2 Å². The molecular weight excluding hydrogens is 410 g/mol. The molecule has 0 saturated carbocycles. The summed E-state index contributed by atoms with van der Waals surface area (Å²) in [6, 6.07) is 11.4. The van der Waals surface area contributed by atoms with E-state index in [1.54, 1.807) is 25.1 Å². The molecule has 0 aliphatic heterocycles. The Morgan fingerprint density at radius 2 is 1.90 bits per heavy atom. The number of amides is 1. The summed E-state index contributed by atoms with van der Waals surface area (Å²) in [6.07, 6.45) is 1.15. The summed E-state index contributed by atoms with van der Waals surface area (Å²) in [4.78, 5) is 23.3. The number of nitrogens with zero attached hydrogens (tertiary/aromatic N) is 2. The van der Waals surface area contributed by atoms with E-state index in [9.17, 15) is 23.3 Å². The maximum atomic E-state index is 12.9. The van der Waals surface area contributed by atoms with Crippen LogP contribution in [0.3, 0.4) is 0 Å². The SMILES string of the molecule is CCOc1cccc(CNC(=O)C(CC)N(c2cccc([N+](=O)[O-])c2)S(C)(=O)=O)c1. The molecule has 0 spiro atoms. The molecule has 0 saturated heterocycles. The first kappa shape index (κ1) is 23.1. The zero-order valence-electron chi connectivity index (χ0n) is 17.1. The Balaban J connectivity index is 2.27. The summed E-state index contributed by atoms with van der Waals surface area (Å²) in [5.74, 6) is 0.168. The lowest BCUT2D eigenvalue weighted by molar-refractivity contribution is -0.384. The maximum absolute atomic E-state index is 12.9. The van der Waals surface area contributed by atoms with Crippen molar-refractivity contribution in [1.29, 1.82) is 0 Å². The van der Waals surface area contributed by atoms with Crippen molar-refractivity contribution in [1.82, 2.24) is 5.32 Å². The molecule has 0 bridgehead atoms. The number of hydrogen-bond acceptors (Lipinski definition) is 6. The van der Waals surface area contributed by atoms with Gasteiger partial charge in [0.05, 0.1) is 23.5 Å². The standard InChI is InChI=1S/C20H25N3O6S/c1-4-19(20(24)21-14-15-8-6-11-18(12-15)29-5-2)22(30(3,27)28)16-9-7-10-17(13-16)23(25)26/h6-13,19H,4-5,14H2,1-3H3,(H,21,24). The van der Waals surface area contributed by atoms with Crippen LogP contribution in [0.4, 0.5) is 11.4 Å². The third kappa shape index (κ3) is 5.93. The highest BCUT2D eigenvalue weighted by Crippen LogP contribution is 2.26. The Morgan fingerprint density at radius 3 is 2.50 bits per heavy atom. The van der Waals surface area contributed by atoms with Gasteiger partial charge >= 0.3 is 0 Å². The second-order valence-corrected chi connectivity index (χ2v) is 8.42. The molecule has 1 amide bonds. The van der Waals surface area contributed by atoms with E-state index in [0.717, 1.165) is 22.2 Å². The van der Waals surface area contributed by atoms with Crippen molar-refractivity contribution < 1.29 is 22.9 Å². The fraction of sp³-hybridized carbons (Fsp3) is 0.350. The van der Waals surface area contributed by atoms with Gasteiger partial charge in [0, 0.05) is 18.7 Å². The van der Waals surface area contributed by atoms with Gasteiger partial charge in [-0.15, -0.1) is 0 Å². The summed E-state index contributed by atoms with van der Waals surface area (Å²) in [7, 11) is -3.88. The number of ether oxygens (including phenoxy) is 1. The largest absolute Gasteiger partial charge is 0.494 e. The quantitative estimate of drug-likeness (QED) is 0.453. The molecule has 2 rings (SSSR count). The number of nitrogens with one attached hydrogen (secondary N) is 1. The number of non-ortho nitro benzene ring substituents is 1. The Morgan fingerprint density at radius 1 is 1.20 bits per heavy atom. The van der Waals surface area contributed by atoms with E-state index in [1.165, 1.54) is 18.2 Å². The number of anilines is 1. The number of benzene rings is 2. The van der Waals surface area contributed by atoms with Crippen molar-refractivity contribution >= 4 is 27.3 Å². The van der Waals surface area contributed by atoms with Crippen LogP contribution in [-0.2, 0) is 21.4 Å². The predicted octanol–water partition coefficient (Wildman–Crippen LogP) is 2.85. The first-order chi connectivity index (χ1) is 14.2. The average molecular weight is 436 g/mol. The van der Waals surface area contributed by atoms with Gasteiger partial charge in [0.1, 0.15) is 11.8 Å². The second kappa shape index (κ2) is 10.1. The van der Waals surface area contributed by atoms with Gasteiger partial charge in [0.2, 0.25) is 15.9 Å². The van der Waals surface area contributed by atoms with E-state index in [-0.39, 0.29) is 24.3 Å². The van der Waals surface area contributed by atoms with Crippen molar-refractivity contribution in [3.8, 4) is 5.75 Å². The van der Waals surface area contributed by atoms with Crippen LogP contribution in [0.5, 0.6) is 5.75 Å². The molecule has 0 aliphatic carbocycles. The third-order valence-electron chi connectivity index (χ3n) is 4.30. The van der Waals surface area contributed by atoms with Gasteiger partial charge in [-0.3, -0.25) is 19.2 Å². The molecule has 0 fully saturated rings. The number of hydrogen-bond donors (Lipinski definition) is 1. The van der Waals surface area contributed by atoms with Gasteiger partial charge in [0.15, 0.2) is 0 Å². The van der Waals surface area contributed by atoms with Crippen LogP contribution in [0, 0.1) is 10.1 Å². The van der Waals surface area contributed by atoms with Crippen molar-refractivity contribution in [2.45, 2.75) is 32.9 Å². The average Bonchev–Trinajstić information content (AvgIpc) is 2.69. The molecule has 162 valence electrons. The van der Waals surface area contributed by atoms with Gasteiger partial charge in [-0.2, -0.15) is 0 Å². The van der Waals surface area contributed by atoms with Gasteiger partial charge in [-0.25, -0.2) is 8.42 Å². The molecule has 1 unspecified atom stereocenters. The van der Waals surface area contributed by atoms with Crippen LogP contribution in [0.1, 0.15) is 25.8 Å². The lowest BCUT2D eigenvalue weighted by atomic mass is 10.1. The van der Waals surface area contributed by atoms with Crippen molar-refractivity contribution in [2.24, 2.45) is 0 Å². The highest BCUT2D eigenvalue weighted by atomic mass is 32.2. The number of carbonyl (C=O) groups excluding carboxylic acids is 1. The minimum Gasteiger partial charge on any atom is -0.494 e. The molecule has 1 atom stereocenters. The summed E-state index contributed by atoms with van der Waals surface area (Å²) >= 11 is 0. The summed E-state index contributed by atoms with van der Waals surface area (Å²) in [5, 5.41) is 13.8. The van der Waals surface area contributed by atoms with Gasteiger partial charge in [-0.05, 0) is 37.1 Å². The Kier molecular flexibility index (Phi) is 7.76. The van der Waals surface area contributed by atoms with Crippen LogP contribution >= 0.6 is 0 Å². The Bertz CT molecular complexity index is 1010. The van der Waals surface area contributed by atoms with Gasteiger partial charge in [0.25, 0.3) is 5.69 Å². The molecule has 10 heteroatoms. The number of nitro groups is 1. The second-order valence-electron chi connectivity index (χ2n) is 6.56. The predicted molar refractivity (Wildman–Crippen MR) is 114 cm³/mol. The molecule has 9 nitrogen and oxygen atoms in total. The molecule has 1 N–H and O–H groups in total. The first-order valence-electron chi connectivity index (χ1n) is 9.40. The molecule has 0 radical (unpaired) electrons. The van der Waals surface area contributed by atoms with E-state index in [4.69, 9.17) is 4.74 Å². The van der Waals surface area contributed by atoms with E-state index < -0.39 is 26.9 Å². The number of rotatable bonds is 10. The van der Waals surface area contributed by atoms with Crippen LogP contribution in [-0.4, -0.2) is 38.2 Å². The van der Waals surface area contributed by atoms with Crippen LogP contribution < -0.4 is 14.4 Å². The molecule has 0 aliphatic rings. The van der Waals surface area contributed by atoms with E-state index >= 15 is 0 Å². The van der Waals surface area contributed by atoms with Crippen LogP contribution in [0.2, 0.25) is 0 Å². The van der Waals surface area contributed by atoms with E-state index in [0.29, 0.717) is 12.4 Å². The third-order valence-corrected chi connectivity index (χ3v) is 5.48. The van der Waals surface area contributed by atoms with E-state index in [2.05, 4.69) is 5.32 Å². The molecule has 0 aromatic heterocycles. The van der Waals surface area contributed by atoms with Crippen molar-refractivity contribution in [3.63, 3.8) is 0 Å².